The molecule has 0 saturated carbocycles. The second kappa shape index (κ2) is 5.42. The van der Waals surface area contributed by atoms with E-state index in [1.807, 2.05) is 6.92 Å². The molecule has 0 atom stereocenters. The van der Waals surface area contributed by atoms with Crippen LogP contribution in [-0.2, 0) is 6.54 Å². The maximum atomic E-state index is 10.7. The second-order valence-electron chi connectivity index (χ2n) is 3.71. The SMILES string of the molecule is CCNCc1ncc(-c2cccc([N+](=O)[O-])c2)o1. The van der Waals surface area contributed by atoms with E-state index in [0.29, 0.717) is 23.8 Å². The number of aromatic nitrogens is 1. The molecule has 0 aliphatic rings. The van der Waals surface area contributed by atoms with Gasteiger partial charge in [-0.15, -0.1) is 0 Å². The smallest absolute Gasteiger partial charge is 0.270 e. The fourth-order valence-electron chi connectivity index (χ4n) is 1.53. The van der Waals surface area contributed by atoms with Crippen molar-refractivity contribution in [3.63, 3.8) is 0 Å². The molecule has 1 aromatic heterocycles. The van der Waals surface area contributed by atoms with Crippen LogP contribution in [-0.4, -0.2) is 16.5 Å². The lowest BCUT2D eigenvalue weighted by Gasteiger charge is -1.97. The van der Waals surface area contributed by atoms with E-state index < -0.39 is 4.92 Å². The Kier molecular flexibility index (Phi) is 3.69. The Morgan fingerprint density at radius 2 is 2.33 bits per heavy atom. The quantitative estimate of drug-likeness (QED) is 0.648. The van der Waals surface area contributed by atoms with E-state index in [-0.39, 0.29) is 5.69 Å². The average Bonchev–Trinajstić information content (AvgIpc) is 2.85. The highest BCUT2D eigenvalue weighted by molar-refractivity contribution is 5.60. The zero-order valence-corrected chi connectivity index (χ0v) is 9.92. The maximum Gasteiger partial charge on any atom is 0.270 e. The van der Waals surface area contributed by atoms with E-state index >= 15 is 0 Å². The van der Waals surface area contributed by atoms with Gasteiger partial charge in [-0.1, -0.05) is 19.1 Å². The van der Waals surface area contributed by atoms with Gasteiger partial charge in [0.05, 0.1) is 17.7 Å². The number of nitro groups is 1. The molecule has 0 unspecified atom stereocenters. The minimum absolute atomic E-state index is 0.0390. The Hall–Kier alpha value is -2.21. The Balaban J connectivity index is 2.23. The third-order valence-corrected chi connectivity index (χ3v) is 2.42. The van der Waals surface area contributed by atoms with Crippen molar-refractivity contribution in [3.8, 4) is 11.3 Å². The number of benzene rings is 1. The highest BCUT2D eigenvalue weighted by atomic mass is 16.6. The lowest BCUT2D eigenvalue weighted by Crippen LogP contribution is -2.11. The Morgan fingerprint density at radius 3 is 3.06 bits per heavy atom. The zero-order chi connectivity index (χ0) is 13.0. The van der Waals surface area contributed by atoms with Crippen LogP contribution in [0.25, 0.3) is 11.3 Å². The van der Waals surface area contributed by atoms with Crippen LogP contribution >= 0.6 is 0 Å². The number of non-ortho nitro benzene ring substituents is 1. The van der Waals surface area contributed by atoms with Gasteiger partial charge in [0.25, 0.3) is 5.69 Å². The monoisotopic (exact) mass is 247 g/mol. The summed E-state index contributed by atoms with van der Waals surface area (Å²) >= 11 is 0. The molecule has 0 radical (unpaired) electrons. The molecule has 2 aromatic rings. The lowest BCUT2D eigenvalue weighted by molar-refractivity contribution is -0.384. The predicted octanol–water partition coefficient (Wildman–Crippen LogP) is 2.36. The summed E-state index contributed by atoms with van der Waals surface area (Å²) in [6, 6.07) is 6.29. The number of oxazole rings is 1. The van der Waals surface area contributed by atoms with Crippen molar-refractivity contribution in [2.75, 3.05) is 6.54 Å². The summed E-state index contributed by atoms with van der Waals surface area (Å²) < 4.78 is 5.51. The van der Waals surface area contributed by atoms with Crippen molar-refractivity contribution in [1.82, 2.24) is 10.3 Å². The number of nitrogens with zero attached hydrogens (tertiary/aromatic N) is 2. The number of hydrogen-bond acceptors (Lipinski definition) is 5. The van der Waals surface area contributed by atoms with Gasteiger partial charge in [-0.3, -0.25) is 10.1 Å². The van der Waals surface area contributed by atoms with Crippen LogP contribution in [0.5, 0.6) is 0 Å². The molecule has 94 valence electrons. The van der Waals surface area contributed by atoms with Crippen molar-refractivity contribution in [2.24, 2.45) is 0 Å². The van der Waals surface area contributed by atoms with Crippen LogP contribution in [0.1, 0.15) is 12.8 Å². The fraction of sp³-hybridized carbons (Fsp3) is 0.250. The van der Waals surface area contributed by atoms with Gasteiger partial charge < -0.3 is 9.73 Å². The van der Waals surface area contributed by atoms with Gasteiger partial charge >= 0.3 is 0 Å². The lowest BCUT2D eigenvalue weighted by atomic mass is 10.2. The maximum absolute atomic E-state index is 10.7. The predicted molar refractivity (Wildman–Crippen MR) is 66.0 cm³/mol. The number of nitrogens with one attached hydrogen (secondary N) is 1. The van der Waals surface area contributed by atoms with E-state index in [9.17, 15) is 10.1 Å². The number of nitro benzene ring substituents is 1. The van der Waals surface area contributed by atoms with E-state index in [0.717, 1.165) is 6.54 Å². The summed E-state index contributed by atoms with van der Waals surface area (Å²) in [4.78, 5) is 14.4. The van der Waals surface area contributed by atoms with Crippen molar-refractivity contribution < 1.29 is 9.34 Å². The molecule has 6 nitrogen and oxygen atoms in total. The molecule has 0 amide bonds. The molecule has 1 N–H and O–H groups in total. The van der Waals surface area contributed by atoms with Crippen LogP contribution in [0, 0.1) is 10.1 Å². The van der Waals surface area contributed by atoms with Gasteiger partial charge in [0.1, 0.15) is 0 Å². The molecule has 0 aliphatic carbocycles. The molecule has 6 heteroatoms. The van der Waals surface area contributed by atoms with Gasteiger partial charge in [-0.05, 0) is 6.54 Å². The van der Waals surface area contributed by atoms with E-state index in [1.54, 1.807) is 18.3 Å². The molecule has 0 spiro atoms. The first kappa shape index (κ1) is 12.3. The van der Waals surface area contributed by atoms with Gasteiger partial charge in [0.15, 0.2) is 5.76 Å². The fourth-order valence-corrected chi connectivity index (χ4v) is 1.53. The van der Waals surface area contributed by atoms with Crippen molar-refractivity contribution in [1.29, 1.82) is 0 Å². The summed E-state index contributed by atoms with van der Waals surface area (Å²) in [6.45, 7) is 3.37. The topological polar surface area (TPSA) is 81.2 Å². The Bertz CT molecular complexity index is 551. The molecule has 0 aliphatic heterocycles. The minimum atomic E-state index is -0.431. The largest absolute Gasteiger partial charge is 0.439 e. The summed E-state index contributed by atoms with van der Waals surface area (Å²) in [6.07, 6.45) is 1.58. The number of rotatable bonds is 5. The molecular formula is C12H13N3O3. The minimum Gasteiger partial charge on any atom is -0.439 e. The Labute approximate surface area is 104 Å². The summed E-state index contributed by atoms with van der Waals surface area (Å²) in [7, 11) is 0. The molecule has 0 fully saturated rings. The van der Waals surface area contributed by atoms with Crippen molar-refractivity contribution in [2.45, 2.75) is 13.5 Å². The van der Waals surface area contributed by atoms with Gasteiger partial charge in [0, 0.05) is 17.7 Å². The highest BCUT2D eigenvalue weighted by Gasteiger charge is 2.10. The first-order valence-corrected chi connectivity index (χ1v) is 5.61. The van der Waals surface area contributed by atoms with Crippen LogP contribution in [0.2, 0.25) is 0 Å². The first-order chi connectivity index (χ1) is 8.70. The second-order valence-corrected chi connectivity index (χ2v) is 3.71. The molecule has 2 rings (SSSR count). The standard InChI is InChI=1S/C12H13N3O3/c1-2-13-8-12-14-7-11(18-12)9-4-3-5-10(6-9)15(16)17/h3-7,13H,2,8H2,1H3. The molecule has 1 heterocycles. The normalized spacial score (nSPS) is 10.5. The molecular weight excluding hydrogens is 234 g/mol. The number of hydrogen-bond donors (Lipinski definition) is 1. The van der Waals surface area contributed by atoms with Crippen LogP contribution in [0.3, 0.4) is 0 Å². The summed E-state index contributed by atoms with van der Waals surface area (Å²) in [5.74, 6) is 1.10. The third kappa shape index (κ3) is 2.72. The summed E-state index contributed by atoms with van der Waals surface area (Å²) in [5.41, 5.74) is 0.691. The molecule has 18 heavy (non-hydrogen) atoms. The van der Waals surface area contributed by atoms with Crippen LogP contribution < -0.4 is 5.32 Å². The van der Waals surface area contributed by atoms with E-state index in [4.69, 9.17) is 4.42 Å². The van der Waals surface area contributed by atoms with Gasteiger partial charge in [-0.25, -0.2) is 4.98 Å². The van der Waals surface area contributed by atoms with Crippen LogP contribution in [0.4, 0.5) is 5.69 Å². The molecule has 1 aromatic carbocycles. The van der Waals surface area contributed by atoms with Gasteiger partial charge in [0.2, 0.25) is 5.89 Å². The highest BCUT2D eigenvalue weighted by Crippen LogP contribution is 2.24. The van der Waals surface area contributed by atoms with E-state index in [1.165, 1.54) is 12.1 Å². The van der Waals surface area contributed by atoms with E-state index in [2.05, 4.69) is 10.3 Å². The Morgan fingerprint density at radius 1 is 1.50 bits per heavy atom. The molecule has 0 bridgehead atoms. The van der Waals surface area contributed by atoms with Crippen molar-refractivity contribution in [3.05, 3.63) is 46.5 Å². The molecule has 0 saturated heterocycles. The average molecular weight is 247 g/mol. The van der Waals surface area contributed by atoms with Gasteiger partial charge in [-0.2, -0.15) is 0 Å². The first-order valence-electron chi connectivity index (χ1n) is 5.61. The summed E-state index contributed by atoms with van der Waals surface area (Å²) in [5, 5.41) is 13.8. The van der Waals surface area contributed by atoms with Crippen molar-refractivity contribution >= 4 is 5.69 Å². The third-order valence-electron chi connectivity index (χ3n) is 2.42. The van der Waals surface area contributed by atoms with Crippen LogP contribution in [0.15, 0.2) is 34.9 Å². The zero-order valence-electron chi connectivity index (χ0n) is 9.92.